The number of nitrogens with zero attached hydrogens (tertiary/aromatic N) is 3. The number of carbonyl (C=O) groups excluding carboxylic acids is 2. The molecule has 3 rings (SSSR count). The standard InChI is InChI=1S/C14H19N3O5S/c1-9-5-12(15-22-9)17-7-10(6-13(17)18)14(19)16(2)11-3-4-23(20,21)8-11/h5,10-11H,3-4,6-8H2,1-2H3. The van der Waals surface area contributed by atoms with Crippen LogP contribution in [0.4, 0.5) is 5.82 Å². The number of sulfone groups is 1. The summed E-state index contributed by atoms with van der Waals surface area (Å²) in [5.41, 5.74) is 0. The zero-order chi connectivity index (χ0) is 16.8. The van der Waals surface area contributed by atoms with Gasteiger partial charge in [0, 0.05) is 32.1 Å². The third kappa shape index (κ3) is 3.10. The van der Waals surface area contributed by atoms with Crippen LogP contribution in [0.5, 0.6) is 0 Å². The second kappa shape index (κ2) is 5.63. The average molecular weight is 341 g/mol. The van der Waals surface area contributed by atoms with E-state index in [4.69, 9.17) is 4.52 Å². The van der Waals surface area contributed by atoms with E-state index in [0.717, 1.165) is 0 Å². The van der Waals surface area contributed by atoms with Crippen LogP contribution < -0.4 is 4.90 Å². The van der Waals surface area contributed by atoms with Gasteiger partial charge in [-0.05, 0) is 13.3 Å². The minimum atomic E-state index is -3.05. The fraction of sp³-hybridized carbons (Fsp3) is 0.643. The van der Waals surface area contributed by atoms with Crippen LogP contribution >= 0.6 is 0 Å². The van der Waals surface area contributed by atoms with Crippen LogP contribution in [0, 0.1) is 12.8 Å². The van der Waals surface area contributed by atoms with E-state index in [2.05, 4.69) is 5.16 Å². The van der Waals surface area contributed by atoms with Crippen molar-refractivity contribution in [2.45, 2.75) is 25.8 Å². The van der Waals surface area contributed by atoms with Gasteiger partial charge in [0.05, 0.1) is 17.4 Å². The van der Waals surface area contributed by atoms with Gasteiger partial charge in [-0.2, -0.15) is 0 Å². The third-order valence-electron chi connectivity index (χ3n) is 4.47. The summed E-state index contributed by atoms with van der Waals surface area (Å²) in [6.07, 6.45) is 0.561. The zero-order valence-electron chi connectivity index (χ0n) is 13.1. The van der Waals surface area contributed by atoms with Crippen molar-refractivity contribution < 1.29 is 22.5 Å². The number of anilines is 1. The lowest BCUT2D eigenvalue weighted by Gasteiger charge is -2.26. The second-order valence-electron chi connectivity index (χ2n) is 6.21. The van der Waals surface area contributed by atoms with E-state index in [1.165, 1.54) is 9.80 Å². The molecule has 0 N–H and O–H groups in total. The molecule has 0 saturated carbocycles. The Morgan fingerprint density at radius 2 is 2.22 bits per heavy atom. The van der Waals surface area contributed by atoms with Crippen LogP contribution in [0.2, 0.25) is 0 Å². The van der Waals surface area contributed by atoms with E-state index in [-0.39, 0.29) is 42.3 Å². The Hall–Kier alpha value is -1.90. The van der Waals surface area contributed by atoms with Gasteiger partial charge >= 0.3 is 0 Å². The minimum Gasteiger partial charge on any atom is -0.360 e. The number of carbonyl (C=O) groups is 2. The highest BCUT2D eigenvalue weighted by Crippen LogP contribution is 2.27. The zero-order valence-corrected chi connectivity index (χ0v) is 13.9. The van der Waals surface area contributed by atoms with E-state index in [1.54, 1.807) is 20.0 Å². The lowest BCUT2D eigenvalue weighted by Crippen LogP contribution is -2.42. The number of rotatable bonds is 3. The molecule has 2 aliphatic rings. The summed E-state index contributed by atoms with van der Waals surface area (Å²) in [5, 5.41) is 3.81. The summed E-state index contributed by atoms with van der Waals surface area (Å²) < 4.78 is 28.1. The van der Waals surface area contributed by atoms with Gasteiger partial charge in [-0.1, -0.05) is 5.16 Å². The molecule has 0 aromatic carbocycles. The van der Waals surface area contributed by atoms with Gasteiger partial charge in [0.2, 0.25) is 11.8 Å². The number of aryl methyl sites for hydroxylation is 1. The molecule has 1 aromatic heterocycles. The molecule has 9 heteroatoms. The van der Waals surface area contributed by atoms with Crippen molar-refractivity contribution >= 4 is 27.5 Å². The predicted octanol–water partition coefficient (Wildman–Crippen LogP) is -0.0186. The van der Waals surface area contributed by atoms with Gasteiger partial charge in [0.25, 0.3) is 0 Å². The Labute approximate surface area is 134 Å². The molecule has 23 heavy (non-hydrogen) atoms. The van der Waals surface area contributed by atoms with Crippen LogP contribution in [0.15, 0.2) is 10.6 Å². The maximum atomic E-state index is 12.6. The van der Waals surface area contributed by atoms with E-state index in [1.807, 2.05) is 0 Å². The number of hydrogen-bond donors (Lipinski definition) is 0. The Kier molecular flexibility index (Phi) is 3.91. The van der Waals surface area contributed by atoms with Gasteiger partial charge in [-0.3, -0.25) is 14.5 Å². The van der Waals surface area contributed by atoms with E-state index < -0.39 is 15.8 Å². The monoisotopic (exact) mass is 341 g/mol. The fourth-order valence-corrected chi connectivity index (χ4v) is 4.90. The van der Waals surface area contributed by atoms with Crippen LogP contribution in [0.1, 0.15) is 18.6 Å². The Morgan fingerprint density at radius 3 is 2.78 bits per heavy atom. The fourth-order valence-electron chi connectivity index (χ4n) is 3.12. The Morgan fingerprint density at radius 1 is 1.48 bits per heavy atom. The van der Waals surface area contributed by atoms with Crippen LogP contribution in [-0.2, 0) is 19.4 Å². The molecule has 2 unspecified atom stereocenters. The van der Waals surface area contributed by atoms with Gasteiger partial charge in [0.1, 0.15) is 5.76 Å². The first-order valence-corrected chi connectivity index (χ1v) is 9.30. The maximum Gasteiger partial charge on any atom is 0.229 e. The lowest BCUT2D eigenvalue weighted by atomic mass is 10.1. The van der Waals surface area contributed by atoms with Crippen LogP contribution in [0.25, 0.3) is 0 Å². The van der Waals surface area contributed by atoms with E-state index in [9.17, 15) is 18.0 Å². The summed E-state index contributed by atoms with van der Waals surface area (Å²) in [4.78, 5) is 27.6. The molecule has 0 aliphatic carbocycles. The molecule has 0 bridgehead atoms. The number of hydrogen-bond acceptors (Lipinski definition) is 6. The van der Waals surface area contributed by atoms with Crippen molar-refractivity contribution in [3.05, 3.63) is 11.8 Å². The van der Waals surface area contributed by atoms with Crippen molar-refractivity contribution in [3.8, 4) is 0 Å². The highest BCUT2D eigenvalue weighted by molar-refractivity contribution is 7.91. The van der Waals surface area contributed by atoms with Crippen molar-refractivity contribution in [3.63, 3.8) is 0 Å². The van der Waals surface area contributed by atoms with Crippen molar-refractivity contribution in [1.82, 2.24) is 10.1 Å². The average Bonchev–Trinajstić information content (AvgIpc) is 3.16. The lowest BCUT2D eigenvalue weighted by molar-refractivity contribution is -0.136. The first-order chi connectivity index (χ1) is 10.8. The summed E-state index contributed by atoms with van der Waals surface area (Å²) in [6, 6.07) is 1.35. The third-order valence-corrected chi connectivity index (χ3v) is 6.22. The number of amides is 2. The van der Waals surface area contributed by atoms with Crippen molar-refractivity contribution in [1.29, 1.82) is 0 Å². The summed E-state index contributed by atoms with van der Waals surface area (Å²) in [6.45, 7) is 1.97. The largest absolute Gasteiger partial charge is 0.360 e. The first-order valence-electron chi connectivity index (χ1n) is 7.47. The summed E-state index contributed by atoms with van der Waals surface area (Å²) >= 11 is 0. The molecule has 1 aromatic rings. The summed E-state index contributed by atoms with van der Waals surface area (Å²) in [5.74, 6) is 0.274. The molecular weight excluding hydrogens is 322 g/mol. The normalized spacial score (nSPS) is 26.7. The molecular formula is C14H19N3O5S. The molecule has 2 fully saturated rings. The molecule has 8 nitrogen and oxygen atoms in total. The van der Waals surface area contributed by atoms with Crippen LogP contribution in [-0.4, -0.2) is 61.4 Å². The van der Waals surface area contributed by atoms with Crippen LogP contribution in [0.3, 0.4) is 0 Å². The smallest absolute Gasteiger partial charge is 0.229 e. The SMILES string of the molecule is Cc1cc(N2CC(C(=O)N(C)C3CCS(=O)(=O)C3)CC2=O)no1. The molecule has 2 aliphatic heterocycles. The van der Waals surface area contributed by atoms with Gasteiger partial charge in [0.15, 0.2) is 15.7 Å². The Balaban J connectivity index is 1.68. The highest BCUT2D eigenvalue weighted by Gasteiger charge is 2.40. The van der Waals surface area contributed by atoms with Gasteiger partial charge in [-0.15, -0.1) is 0 Å². The van der Waals surface area contributed by atoms with Crippen molar-refractivity contribution in [2.75, 3.05) is 30.0 Å². The van der Waals surface area contributed by atoms with Gasteiger partial charge in [-0.25, -0.2) is 8.42 Å². The molecule has 3 heterocycles. The van der Waals surface area contributed by atoms with E-state index >= 15 is 0 Å². The van der Waals surface area contributed by atoms with Gasteiger partial charge < -0.3 is 9.42 Å². The Bertz CT molecular complexity index is 741. The molecule has 2 amide bonds. The molecule has 0 spiro atoms. The molecule has 0 radical (unpaired) electrons. The minimum absolute atomic E-state index is 0.00208. The first kappa shape index (κ1) is 16.0. The quantitative estimate of drug-likeness (QED) is 0.766. The topological polar surface area (TPSA) is 101 Å². The molecule has 126 valence electrons. The van der Waals surface area contributed by atoms with Crippen molar-refractivity contribution in [2.24, 2.45) is 5.92 Å². The number of aromatic nitrogens is 1. The van der Waals surface area contributed by atoms with E-state index in [0.29, 0.717) is 18.0 Å². The summed E-state index contributed by atoms with van der Waals surface area (Å²) in [7, 11) is -1.44. The highest BCUT2D eigenvalue weighted by atomic mass is 32.2. The molecule has 2 saturated heterocycles. The predicted molar refractivity (Wildman–Crippen MR) is 81.5 cm³/mol. The maximum absolute atomic E-state index is 12.6. The molecule has 2 atom stereocenters. The second-order valence-corrected chi connectivity index (χ2v) is 8.44.